The lowest BCUT2D eigenvalue weighted by molar-refractivity contribution is -0.137. The molecule has 0 radical (unpaired) electrons. The second-order valence-electron chi connectivity index (χ2n) is 7.98. The third kappa shape index (κ3) is 4.65. The van der Waals surface area contributed by atoms with E-state index in [2.05, 4.69) is 5.32 Å². The Morgan fingerprint density at radius 2 is 1.67 bits per heavy atom. The second kappa shape index (κ2) is 8.73. The standard InChI is InChI=1S/C20H28N4O5S/c1-14(2)24-13-16(12-19(24)26)20(27)22-8-10-23(11-9-22)30(28,29)18-6-4-17(5-7-18)21-15(3)25/h4-7,14,16H,8-13H2,1-3H3,(H,21,25). The minimum atomic E-state index is -3.68. The third-order valence-electron chi connectivity index (χ3n) is 5.49. The van der Waals surface area contributed by atoms with E-state index < -0.39 is 10.0 Å². The van der Waals surface area contributed by atoms with Crippen molar-refractivity contribution in [2.24, 2.45) is 5.92 Å². The van der Waals surface area contributed by atoms with Gasteiger partial charge in [0.05, 0.1) is 10.8 Å². The highest BCUT2D eigenvalue weighted by Crippen LogP contribution is 2.24. The molecule has 2 aliphatic heterocycles. The summed E-state index contributed by atoms with van der Waals surface area (Å²) in [6.07, 6.45) is 0.218. The zero-order valence-corrected chi connectivity index (χ0v) is 18.3. The van der Waals surface area contributed by atoms with Crippen LogP contribution >= 0.6 is 0 Å². The summed E-state index contributed by atoms with van der Waals surface area (Å²) in [6, 6.07) is 6.08. The number of likely N-dealkylation sites (tertiary alicyclic amines) is 1. The summed E-state index contributed by atoms with van der Waals surface area (Å²) in [7, 11) is -3.68. The van der Waals surface area contributed by atoms with Gasteiger partial charge in [-0.25, -0.2) is 8.42 Å². The van der Waals surface area contributed by atoms with E-state index >= 15 is 0 Å². The van der Waals surface area contributed by atoms with Crippen LogP contribution in [0.4, 0.5) is 5.69 Å². The number of piperazine rings is 1. The molecule has 9 nitrogen and oxygen atoms in total. The van der Waals surface area contributed by atoms with Crippen LogP contribution in [0.2, 0.25) is 0 Å². The molecule has 10 heteroatoms. The minimum Gasteiger partial charge on any atom is -0.340 e. The molecular weight excluding hydrogens is 408 g/mol. The van der Waals surface area contributed by atoms with Gasteiger partial charge in [-0.3, -0.25) is 14.4 Å². The van der Waals surface area contributed by atoms with Crippen LogP contribution in [0.25, 0.3) is 0 Å². The number of amides is 3. The summed E-state index contributed by atoms with van der Waals surface area (Å²) in [6.45, 7) is 6.67. The second-order valence-corrected chi connectivity index (χ2v) is 9.91. The molecule has 1 aromatic carbocycles. The van der Waals surface area contributed by atoms with Crippen LogP contribution < -0.4 is 5.32 Å². The Hall–Kier alpha value is -2.46. The Balaban J connectivity index is 1.60. The molecule has 30 heavy (non-hydrogen) atoms. The Labute approximate surface area is 177 Å². The quantitative estimate of drug-likeness (QED) is 0.732. The molecule has 2 aliphatic rings. The van der Waals surface area contributed by atoms with Crippen LogP contribution in [-0.4, -0.2) is 79.0 Å². The maximum Gasteiger partial charge on any atom is 0.243 e. The van der Waals surface area contributed by atoms with E-state index in [4.69, 9.17) is 0 Å². The lowest BCUT2D eigenvalue weighted by atomic mass is 10.1. The molecule has 2 heterocycles. The molecule has 1 N–H and O–H groups in total. The van der Waals surface area contributed by atoms with Crippen LogP contribution in [0.15, 0.2) is 29.2 Å². The van der Waals surface area contributed by atoms with Gasteiger partial charge in [-0.05, 0) is 38.1 Å². The van der Waals surface area contributed by atoms with Gasteiger partial charge in [-0.15, -0.1) is 0 Å². The van der Waals surface area contributed by atoms with E-state index in [0.29, 0.717) is 25.3 Å². The molecule has 2 fully saturated rings. The topological polar surface area (TPSA) is 107 Å². The van der Waals surface area contributed by atoms with Crippen molar-refractivity contribution in [2.45, 2.75) is 38.1 Å². The fourth-order valence-corrected chi connectivity index (χ4v) is 5.29. The van der Waals surface area contributed by atoms with Crippen LogP contribution in [-0.2, 0) is 24.4 Å². The van der Waals surface area contributed by atoms with E-state index in [1.807, 2.05) is 13.8 Å². The number of sulfonamides is 1. The van der Waals surface area contributed by atoms with Gasteiger partial charge in [0.2, 0.25) is 27.7 Å². The maximum absolute atomic E-state index is 12.9. The van der Waals surface area contributed by atoms with Gasteiger partial charge in [0, 0.05) is 57.8 Å². The predicted molar refractivity (Wildman–Crippen MR) is 111 cm³/mol. The summed E-state index contributed by atoms with van der Waals surface area (Å²) in [4.78, 5) is 39.5. The number of carbonyl (C=O) groups is 3. The highest BCUT2D eigenvalue weighted by Gasteiger charge is 2.39. The molecule has 164 valence electrons. The van der Waals surface area contributed by atoms with Gasteiger partial charge in [-0.1, -0.05) is 0 Å². The van der Waals surface area contributed by atoms with Crippen molar-refractivity contribution in [2.75, 3.05) is 38.0 Å². The molecule has 2 saturated heterocycles. The fraction of sp³-hybridized carbons (Fsp3) is 0.550. The average Bonchev–Trinajstić information content (AvgIpc) is 3.09. The first-order valence-corrected chi connectivity index (χ1v) is 11.5. The predicted octanol–water partition coefficient (Wildman–Crippen LogP) is 0.735. The Bertz CT molecular complexity index is 921. The Morgan fingerprint density at radius 3 is 2.17 bits per heavy atom. The summed E-state index contributed by atoms with van der Waals surface area (Å²) in [5, 5.41) is 2.60. The summed E-state index contributed by atoms with van der Waals surface area (Å²) in [5.74, 6) is -0.674. The van der Waals surface area contributed by atoms with Crippen molar-refractivity contribution in [3.8, 4) is 0 Å². The van der Waals surface area contributed by atoms with Crippen molar-refractivity contribution >= 4 is 33.4 Å². The highest BCUT2D eigenvalue weighted by atomic mass is 32.2. The van der Waals surface area contributed by atoms with Crippen LogP contribution in [0.5, 0.6) is 0 Å². The smallest absolute Gasteiger partial charge is 0.243 e. The van der Waals surface area contributed by atoms with Crippen LogP contribution in [0.3, 0.4) is 0 Å². The Morgan fingerprint density at radius 1 is 1.07 bits per heavy atom. The number of nitrogens with one attached hydrogen (secondary N) is 1. The Kier molecular flexibility index (Phi) is 6.47. The number of anilines is 1. The average molecular weight is 437 g/mol. The van der Waals surface area contributed by atoms with Crippen LogP contribution in [0, 0.1) is 5.92 Å². The first kappa shape index (κ1) is 22.2. The molecule has 0 spiro atoms. The van der Waals surface area contributed by atoms with Gasteiger partial charge >= 0.3 is 0 Å². The van der Waals surface area contributed by atoms with E-state index in [-0.39, 0.29) is 54.1 Å². The fourth-order valence-electron chi connectivity index (χ4n) is 3.87. The van der Waals surface area contributed by atoms with Crippen molar-refractivity contribution in [3.63, 3.8) is 0 Å². The summed E-state index contributed by atoms with van der Waals surface area (Å²) in [5.41, 5.74) is 0.526. The number of nitrogens with zero attached hydrogens (tertiary/aromatic N) is 3. The number of hydrogen-bond acceptors (Lipinski definition) is 5. The summed E-state index contributed by atoms with van der Waals surface area (Å²) >= 11 is 0. The van der Waals surface area contributed by atoms with E-state index in [0.717, 1.165) is 0 Å². The zero-order valence-electron chi connectivity index (χ0n) is 17.5. The number of carbonyl (C=O) groups excluding carboxylic acids is 3. The molecule has 3 rings (SSSR count). The molecular formula is C20H28N4O5S. The van der Waals surface area contributed by atoms with Crippen molar-refractivity contribution in [1.82, 2.24) is 14.1 Å². The molecule has 0 bridgehead atoms. The van der Waals surface area contributed by atoms with E-state index in [9.17, 15) is 22.8 Å². The number of benzene rings is 1. The van der Waals surface area contributed by atoms with Crippen molar-refractivity contribution in [3.05, 3.63) is 24.3 Å². The highest BCUT2D eigenvalue weighted by molar-refractivity contribution is 7.89. The largest absolute Gasteiger partial charge is 0.340 e. The van der Waals surface area contributed by atoms with Gasteiger partial charge in [-0.2, -0.15) is 4.31 Å². The third-order valence-corrected chi connectivity index (χ3v) is 7.41. The lowest BCUT2D eigenvalue weighted by Crippen LogP contribution is -2.52. The minimum absolute atomic E-state index is 0.00715. The molecule has 0 saturated carbocycles. The molecule has 1 unspecified atom stereocenters. The lowest BCUT2D eigenvalue weighted by Gasteiger charge is -2.35. The molecule has 0 aliphatic carbocycles. The number of hydrogen-bond donors (Lipinski definition) is 1. The first-order chi connectivity index (χ1) is 14.1. The van der Waals surface area contributed by atoms with Crippen molar-refractivity contribution in [1.29, 1.82) is 0 Å². The van der Waals surface area contributed by atoms with Crippen molar-refractivity contribution < 1.29 is 22.8 Å². The molecule has 1 aromatic rings. The SMILES string of the molecule is CC(=O)Nc1ccc(S(=O)(=O)N2CCN(C(=O)C3CC(=O)N(C(C)C)C3)CC2)cc1. The van der Waals surface area contributed by atoms with Gasteiger partial charge in [0.25, 0.3) is 0 Å². The monoisotopic (exact) mass is 436 g/mol. The molecule has 0 aromatic heterocycles. The van der Waals surface area contributed by atoms with Gasteiger partial charge in [0.1, 0.15) is 0 Å². The summed E-state index contributed by atoms with van der Waals surface area (Å²) < 4.78 is 27.2. The van der Waals surface area contributed by atoms with Gasteiger partial charge < -0.3 is 15.1 Å². The number of rotatable bonds is 5. The first-order valence-electron chi connectivity index (χ1n) is 10.1. The van der Waals surface area contributed by atoms with E-state index in [1.54, 1.807) is 21.9 Å². The van der Waals surface area contributed by atoms with Crippen LogP contribution in [0.1, 0.15) is 27.2 Å². The van der Waals surface area contributed by atoms with Gasteiger partial charge in [0.15, 0.2) is 0 Å². The van der Waals surface area contributed by atoms with E-state index in [1.165, 1.54) is 23.4 Å². The maximum atomic E-state index is 12.9. The normalized spacial score (nSPS) is 20.7. The molecule has 1 atom stereocenters. The zero-order chi connectivity index (χ0) is 22.1. The molecule has 3 amide bonds.